The van der Waals surface area contributed by atoms with Crippen LogP contribution in [0.5, 0.6) is 0 Å². The standard InChI is InChI=1S/C18H26N2O5/c1-11-3-4-14-12(9-20-8-7-19-10-20)15(21)22-16-18(14)13(11)5-6-17(2,23-16)24-25-18/h7-8,10-16,21H,3-6,9H2,1-2H3/t11-,12?,13+,14+,15?,16-,17+,18-/m1/s1. The van der Waals surface area contributed by atoms with Crippen LogP contribution in [0, 0.1) is 23.7 Å². The van der Waals surface area contributed by atoms with Crippen molar-refractivity contribution in [3.63, 3.8) is 0 Å². The highest BCUT2D eigenvalue weighted by molar-refractivity contribution is 5.09. The van der Waals surface area contributed by atoms with Gasteiger partial charge in [0.1, 0.15) is 0 Å². The van der Waals surface area contributed by atoms with Gasteiger partial charge in [0.2, 0.25) is 5.79 Å². The van der Waals surface area contributed by atoms with E-state index in [-0.39, 0.29) is 11.8 Å². The van der Waals surface area contributed by atoms with Crippen LogP contribution in [0.2, 0.25) is 0 Å². The molecule has 5 aliphatic rings. The Hall–Kier alpha value is -0.990. The van der Waals surface area contributed by atoms with Crippen LogP contribution < -0.4 is 0 Å². The molecule has 138 valence electrons. The van der Waals surface area contributed by atoms with Gasteiger partial charge in [-0.25, -0.2) is 14.8 Å². The molecular weight excluding hydrogens is 324 g/mol. The van der Waals surface area contributed by atoms with Crippen LogP contribution in [0.25, 0.3) is 0 Å². The summed E-state index contributed by atoms with van der Waals surface area (Å²) in [7, 11) is 0. The van der Waals surface area contributed by atoms with E-state index in [2.05, 4.69) is 11.9 Å². The lowest BCUT2D eigenvalue weighted by atomic mass is 9.58. The highest BCUT2D eigenvalue weighted by Gasteiger charge is 2.69. The van der Waals surface area contributed by atoms with Crippen molar-refractivity contribution >= 4 is 0 Å². The second-order valence-corrected chi connectivity index (χ2v) is 8.36. The molecule has 1 spiro atoms. The van der Waals surface area contributed by atoms with Gasteiger partial charge in [0.25, 0.3) is 0 Å². The van der Waals surface area contributed by atoms with Gasteiger partial charge in [-0.2, -0.15) is 0 Å². The number of rotatable bonds is 2. The minimum absolute atomic E-state index is 0.0879. The third kappa shape index (κ3) is 2.26. The van der Waals surface area contributed by atoms with E-state index in [1.165, 1.54) is 0 Å². The summed E-state index contributed by atoms with van der Waals surface area (Å²) in [6, 6.07) is 0. The second kappa shape index (κ2) is 5.50. The van der Waals surface area contributed by atoms with Crippen molar-refractivity contribution in [2.24, 2.45) is 23.7 Å². The normalized spacial score (nSPS) is 51.8. The molecule has 7 heteroatoms. The van der Waals surface area contributed by atoms with Crippen LogP contribution in [-0.2, 0) is 25.8 Å². The molecule has 1 aliphatic carbocycles. The number of ether oxygens (including phenoxy) is 2. The predicted molar refractivity (Wildman–Crippen MR) is 85.6 cm³/mol. The van der Waals surface area contributed by atoms with Crippen molar-refractivity contribution in [1.29, 1.82) is 0 Å². The summed E-state index contributed by atoms with van der Waals surface area (Å²) in [5.74, 6) is 0.0501. The van der Waals surface area contributed by atoms with Crippen molar-refractivity contribution in [3.8, 4) is 0 Å². The van der Waals surface area contributed by atoms with Crippen molar-refractivity contribution < 1.29 is 24.4 Å². The highest BCUT2D eigenvalue weighted by atomic mass is 17.3. The molecule has 1 N–H and O–H groups in total. The topological polar surface area (TPSA) is 75.0 Å². The SMILES string of the molecule is C[C@@H]1CC[C@H]2C(Cn3ccnc3)C(O)O[C@@H]3O[C@]4(C)CC[C@@H]1[C@]32OO4. The second-order valence-electron chi connectivity index (χ2n) is 8.36. The van der Waals surface area contributed by atoms with E-state index in [1.807, 2.05) is 17.7 Å². The number of aliphatic hydroxyl groups excluding tert-OH is 1. The van der Waals surface area contributed by atoms with Gasteiger partial charge in [-0.1, -0.05) is 6.92 Å². The fraction of sp³-hybridized carbons (Fsp3) is 0.833. The highest BCUT2D eigenvalue weighted by Crippen LogP contribution is 2.60. The van der Waals surface area contributed by atoms with Crippen LogP contribution in [-0.4, -0.2) is 38.6 Å². The molecular formula is C18H26N2O5. The van der Waals surface area contributed by atoms with E-state index < -0.39 is 24.0 Å². The third-order valence-corrected chi connectivity index (χ3v) is 6.90. The average Bonchev–Trinajstić information content (AvgIpc) is 2.99. The van der Waals surface area contributed by atoms with Gasteiger partial charge >= 0.3 is 0 Å². The number of nitrogens with zero attached hydrogens (tertiary/aromatic N) is 2. The number of aliphatic hydroxyl groups is 1. The average molecular weight is 350 g/mol. The number of fused-ring (bicyclic) bond motifs is 2. The van der Waals surface area contributed by atoms with Crippen molar-refractivity contribution in [3.05, 3.63) is 18.7 Å². The Kier molecular flexibility index (Phi) is 3.57. The van der Waals surface area contributed by atoms with Crippen molar-refractivity contribution in [1.82, 2.24) is 9.55 Å². The Bertz CT molecular complexity index is 639. The van der Waals surface area contributed by atoms with E-state index in [0.29, 0.717) is 18.4 Å². The molecule has 5 heterocycles. The monoisotopic (exact) mass is 350 g/mol. The maximum atomic E-state index is 10.8. The van der Waals surface area contributed by atoms with E-state index in [1.54, 1.807) is 12.5 Å². The molecule has 5 fully saturated rings. The smallest absolute Gasteiger partial charge is 0.201 e. The van der Waals surface area contributed by atoms with Crippen LogP contribution in [0.4, 0.5) is 0 Å². The number of hydrogen-bond acceptors (Lipinski definition) is 6. The molecule has 4 saturated heterocycles. The Morgan fingerprint density at radius 2 is 2.12 bits per heavy atom. The van der Waals surface area contributed by atoms with Gasteiger partial charge in [0.15, 0.2) is 18.2 Å². The number of imidazole rings is 1. The summed E-state index contributed by atoms with van der Waals surface area (Å²) >= 11 is 0. The first-order chi connectivity index (χ1) is 12.0. The lowest BCUT2D eigenvalue weighted by molar-refractivity contribution is -0.577. The zero-order chi connectivity index (χ0) is 17.2. The maximum Gasteiger partial charge on any atom is 0.201 e. The van der Waals surface area contributed by atoms with Gasteiger partial charge in [-0.3, -0.25) is 0 Å². The fourth-order valence-corrected chi connectivity index (χ4v) is 5.59. The van der Waals surface area contributed by atoms with E-state index in [4.69, 9.17) is 19.2 Å². The molecule has 0 aromatic carbocycles. The Labute approximate surface area is 147 Å². The molecule has 1 aromatic rings. The molecule has 7 nitrogen and oxygen atoms in total. The first kappa shape index (κ1) is 16.2. The summed E-state index contributed by atoms with van der Waals surface area (Å²) in [4.78, 5) is 16.0. The van der Waals surface area contributed by atoms with Gasteiger partial charge in [0.05, 0.1) is 6.33 Å². The zero-order valence-corrected chi connectivity index (χ0v) is 14.7. The van der Waals surface area contributed by atoms with Gasteiger partial charge in [-0.05, 0) is 38.0 Å². The molecule has 4 aliphatic heterocycles. The largest absolute Gasteiger partial charge is 0.368 e. The van der Waals surface area contributed by atoms with E-state index in [0.717, 1.165) is 25.7 Å². The predicted octanol–water partition coefficient (Wildman–Crippen LogP) is 2.06. The van der Waals surface area contributed by atoms with Gasteiger partial charge in [0, 0.05) is 37.2 Å². The summed E-state index contributed by atoms with van der Waals surface area (Å²) in [6.07, 6.45) is 7.83. The molecule has 1 aromatic heterocycles. The van der Waals surface area contributed by atoms with Crippen LogP contribution in [0.1, 0.15) is 39.5 Å². The van der Waals surface area contributed by atoms with E-state index >= 15 is 0 Å². The molecule has 6 rings (SSSR count). The van der Waals surface area contributed by atoms with Crippen LogP contribution in [0.3, 0.4) is 0 Å². The lowest BCUT2D eigenvalue weighted by Crippen LogP contribution is -2.71. The fourth-order valence-electron chi connectivity index (χ4n) is 5.59. The summed E-state index contributed by atoms with van der Waals surface area (Å²) in [5.41, 5.74) is -0.641. The molecule has 2 bridgehead atoms. The number of aromatic nitrogens is 2. The van der Waals surface area contributed by atoms with Crippen LogP contribution in [0.15, 0.2) is 18.7 Å². The Morgan fingerprint density at radius 3 is 2.92 bits per heavy atom. The lowest BCUT2D eigenvalue weighted by Gasteiger charge is -2.60. The number of hydrogen-bond donors (Lipinski definition) is 1. The first-order valence-corrected chi connectivity index (χ1v) is 9.36. The Balaban J connectivity index is 1.55. The van der Waals surface area contributed by atoms with Crippen molar-refractivity contribution in [2.75, 3.05) is 0 Å². The van der Waals surface area contributed by atoms with Gasteiger partial charge < -0.3 is 19.1 Å². The third-order valence-electron chi connectivity index (χ3n) is 6.90. The summed E-state index contributed by atoms with van der Waals surface area (Å²) < 4.78 is 14.2. The molecule has 25 heavy (non-hydrogen) atoms. The molecule has 0 amide bonds. The zero-order valence-electron chi connectivity index (χ0n) is 14.7. The maximum absolute atomic E-state index is 10.8. The summed E-state index contributed by atoms with van der Waals surface area (Å²) in [6.45, 7) is 4.82. The minimum atomic E-state index is -0.886. The van der Waals surface area contributed by atoms with Crippen molar-refractivity contribution in [2.45, 2.75) is 70.0 Å². The minimum Gasteiger partial charge on any atom is -0.368 e. The molecule has 0 radical (unpaired) electrons. The first-order valence-electron chi connectivity index (χ1n) is 9.36. The van der Waals surface area contributed by atoms with Gasteiger partial charge in [-0.15, -0.1) is 0 Å². The molecule has 1 saturated carbocycles. The quantitative estimate of drug-likeness (QED) is 0.823. The van der Waals surface area contributed by atoms with E-state index in [9.17, 15) is 5.11 Å². The van der Waals surface area contributed by atoms with Crippen LogP contribution >= 0.6 is 0 Å². The summed E-state index contributed by atoms with van der Waals surface area (Å²) in [5, 5.41) is 10.8. The Morgan fingerprint density at radius 1 is 1.24 bits per heavy atom. The molecule has 2 unspecified atom stereocenters. The molecule has 8 atom stereocenters.